The topological polar surface area (TPSA) is 38.7 Å². The first kappa shape index (κ1) is 19.5. The van der Waals surface area contributed by atoms with Crippen molar-refractivity contribution in [3.63, 3.8) is 0 Å². The molecule has 0 atom stereocenters. The number of aliphatic imine (C=N–C) groups is 1. The Kier molecular flexibility index (Phi) is 4.54. The molecule has 0 spiro atoms. The molecule has 0 saturated carbocycles. The molecule has 0 aliphatic carbocycles. The Bertz CT molecular complexity index is 1590. The van der Waals surface area contributed by atoms with Crippen molar-refractivity contribution in [1.29, 1.82) is 0 Å². The first-order chi connectivity index (χ1) is 15.6. The second-order valence-corrected chi connectivity index (χ2v) is 9.32. The maximum Gasteiger partial charge on any atom is 0.363 e. The molecule has 6 heteroatoms. The largest absolute Gasteiger partial charge is 0.401 e. The predicted octanol–water partition coefficient (Wildman–Crippen LogP) is 7.86. The van der Waals surface area contributed by atoms with E-state index in [9.17, 15) is 4.79 Å². The molecule has 154 valence electrons. The van der Waals surface area contributed by atoms with Gasteiger partial charge in [-0.25, -0.2) is 9.79 Å². The Balaban J connectivity index is 1.54. The van der Waals surface area contributed by atoms with Crippen LogP contribution in [0.4, 0.5) is 0 Å². The Morgan fingerprint density at radius 1 is 0.844 bits per heavy atom. The van der Waals surface area contributed by atoms with Crippen LogP contribution in [0.25, 0.3) is 37.7 Å². The van der Waals surface area contributed by atoms with Crippen LogP contribution in [0.3, 0.4) is 0 Å². The van der Waals surface area contributed by atoms with Crippen LogP contribution >= 0.6 is 34.5 Å². The lowest BCUT2D eigenvalue weighted by atomic mass is 9.96. The van der Waals surface area contributed by atoms with Crippen LogP contribution in [0.2, 0.25) is 10.0 Å². The molecule has 0 fully saturated rings. The van der Waals surface area contributed by atoms with Gasteiger partial charge in [-0.1, -0.05) is 77.8 Å². The third kappa shape index (κ3) is 3.11. The summed E-state index contributed by atoms with van der Waals surface area (Å²) in [6.07, 6.45) is 1.80. The number of benzene rings is 4. The van der Waals surface area contributed by atoms with Crippen LogP contribution in [0.1, 0.15) is 10.4 Å². The van der Waals surface area contributed by atoms with Gasteiger partial charge in [-0.15, -0.1) is 11.3 Å². The summed E-state index contributed by atoms with van der Waals surface area (Å²) in [4.78, 5) is 17.9. The molecule has 0 radical (unpaired) electrons. The van der Waals surface area contributed by atoms with Crippen LogP contribution in [0.5, 0.6) is 0 Å². The number of rotatable bonds is 2. The standard InChI is InChI=1S/C26H13Cl2NO2S/c27-16-9-10-19-22(12-16)32-24(23(19)28)25-29-21(26(30)31-25)13-20-17-7-3-1-5-14(17)11-15-6-2-4-8-18(15)20/h1-13H/b21-13+. The van der Waals surface area contributed by atoms with E-state index in [-0.39, 0.29) is 11.6 Å². The van der Waals surface area contributed by atoms with Crippen molar-refractivity contribution in [1.82, 2.24) is 0 Å². The average molecular weight is 474 g/mol. The van der Waals surface area contributed by atoms with Crippen molar-refractivity contribution in [2.75, 3.05) is 0 Å². The van der Waals surface area contributed by atoms with Crippen LogP contribution < -0.4 is 0 Å². The van der Waals surface area contributed by atoms with E-state index in [4.69, 9.17) is 27.9 Å². The summed E-state index contributed by atoms with van der Waals surface area (Å²) >= 11 is 14.1. The van der Waals surface area contributed by atoms with Gasteiger partial charge in [0, 0.05) is 15.1 Å². The van der Waals surface area contributed by atoms with Gasteiger partial charge < -0.3 is 4.74 Å². The van der Waals surface area contributed by atoms with Gasteiger partial charge in [0.2, 0.25) is 5.90 Å². The van der Waals surface area contributed by atoms with Gasteiger partial charge in [-0.05, 0) is 51.4 Å². The van der Waals surface area contributed by atoms with Gasteiger partial charge in [-0.3, -0.25) is 0 Å². The van der Waals surface area contributed by atoms with Crippen molar-refractivity contribution < 1.29 is 9.53 Å². The highest BCUT2D eigenvalue weighted by Gasteiger charge is 2.28. The first-order valence-electron chi connectivity index (χ1n) is 9.89. The Morgan fingerprint density at radius 3 is 2.25 bits per heavy atom. The summed E-state index contributed by atoms with van der Waals surface area (Å²) in [6, 6.07) is 23.8. The fourth-order valence-electron chi connectivity index (χ4n) is 4.02. The highest BCUT2D eigenvalue weighted by atomic mass is 35.5. The van der Waals surface area contributed by atoms with Crippen molar-refractivity contribution >= 4 is 84.1 Å². The first-order valence-corrected chi connectivity index (χ1v) is 11.5. The summed E-state index contributed by atoms with van der Waals surface area (Å²) in [5.74, 6) is -0.281. The number of fused-ring (bicyclic) bond motifs is 3. The van der Waals surface area contributed by atoms with Crippen molar-refractivity contribution in [2.45, 2.75) is 0 Å². The molecule has 1 aromatic heterocycles. The predicted molar refractivity (Wildman–Crippen MR) is 134 cm³/mol. The summed E-state index contributed by atoms with van der Waals surface area (Å²) in [5, 5.41) is 6.26. The van der Waals surface area contributed by atoms with Crippen LogP contribution in [0, 0.1) is 0 Å². The molecule has 1 aliphatic rings. The lowest BCUT2D eigenvalue weighted by Gasteiger charge is -2.08. The van der Waals surface area contributed by atoms with E-state index >= 15 is 0 Å². The third-order valence-electron chi connectivity index (χ3n) is 5.50. The zero-order valence-electron chi connectivity index (χ0n) is 16.4. The number of thiophene rings is 1. The van der Waals surface area contributed by atoms with E-state index < -0.39 is 5.97 Å². The van der Waals surface area contributed by atoms with E-state index in [0.717, 1.165) is 37.2 Å². The van der Waals surface area contributed by atoms with Crippen LogP contribution in [-0.4, -0.2) is 11.9 Å². The minimum Gasteiger partial charge on any atom is -0.401 e. The van der Waals surface area contributed by atoms with E-state index in [1.807, 2.05) is 48.5 Å². The number of ether oxygens (including phenoxy) is 1. The zero-order valence-corrected chi connectivity index (χ0v) is 18.8. The molecular weight excluding hydrogens is 461 g/mol. The lowest BCUT2D eigenvalue weighted by Crippen LogP contribution is -2.04. The fourth-order valence-corrected chi connectivity index (χ4v) is 5.74. The van der Waals surface area contributed by atoms with E-state index in [1.165, 1.54) is 11.3 Å². The van der Waals surface area contributed by atoms with Gasteiger partial charge in [0.05, 0.1) is 5.02 Å². The number of nitrogens with zero attached hydrogens (tertiary/aromatic N) is 1. The summed E-state index contributed by atoms with van der Waals surface area (Å²) in [6.45, 7) is 0. The van der Waals surface area contributed by atoms with E-state index in [0.29, 0.717) is 14.9 Å². The quantitative estimate of drug-likeness (QED) is 0.148. The molecule has 4 aromatic carbocycles. The SMILES string of the molecule is O=C1OC(c2sc3cc(Cl)ccc3c2Cl)=N/C1=C/c1c2ccccc2cc2ccccc12. The van der Waals surface area contributed by atoms with E-state index in [1.54, 1.807) is 12.1 Å². The van der Waals surface area contributed by atoms with Gasteiger partial charge in [-0.2, -0.15) is 0 Å². The second-order valence-electron chi connectivity index (χ2n) is 7.45. The highest BCUT2D eigenvalue weighted by molar-refractivity contribution is 7.21. The number of halogens is 2. The zero-order chi connectivity index (χ0) is 21.8. The molecule has 3 nitrogen and oxygen atoms in total. The molecule has 1 aliphatic heterocycles. The fraction of sp³-hybridized carbons (Fsp3) is 0. The maximum absolute atomic E-state index is 12.8. The molecule has 6 rings (SSSR count). The Hall–Kier alpha value is -3.18. The second kappa shape index (κ2) is 7.45. The minimum absolute atomic E-state index is 0.216. The number of hydrogen-bond donors (Lipinski definition) is 0. The smallest absolute Gasteiger partial charge is 0.363 e. The molecule has 0 unspecified atom stereocenters. The van der Waals surface area contributed by atoms with Crippen molar-refractivity contribution in [2.24, 2.45) is 4.99 Å². The molecule has 32 heavy (non-hydrogen) atoms. The average Bonchev–Trinajstić information content (AvgIpc) is 3.32. The van der Waals surface area contributed by atoms with E-state index in [2.05, 4.69) is 23.2 Å². The monoisotopic (exact) mass is 473 g/mol. The maximum atomic E-state index is 12.8. The summed E-state index contributed by atoms with van der Waals surface area (Å²) in [5.41, 5.74) is 1.18. The number of cyclic esters (lactones) is 1. The number of hydrogen-bond acceptors (Lipinski definition) is 4. The van der Waals surface area contributed by atoms with Gasteiger partial charge >= 0.3 is 5.97 Å². The molecule has 5 aromatic rings. The van der Waals surface area contributed by atoms with Crippen molar-refractivity contribution in [3.05, 3.63) is 99.0 Å². The highest BCUT2D eigenvalue weighted by Crippen LogP contribution is 2.39. The Labute approximate surface area is 197 Å². The molecule has 2 heterocycles. The molecule has 0 amide bonds. The lowest BCUT2D eigenvalue weighted by molar-refractivity contribution is -0.129. The molecular formula is C26H13Cl2NO2S. The van der Waals surface area contributed by atoms with Crippen LogP contribution in [0.15, 0.2) is 83.5 Å². The third-order valence-corrected chi connectivity index (χ3v) is 7.38. The summed E-state index contributed by atoms with van der Waals surface area (Å²) < 4.78 is 6.44. The van der Waals surface area contributed by atoms with Crippen molar-refractivity contribution in [3.8, 4) is 0 Å². The number of carbonyl (C=O) groups is 1. The van der Waals surface area contributed by atoms with Crippen LogP contribution in [-0.2, 0) is 9.53 Å². The minimum atomic E-state index is -0.497. The van der Waals surface area contributed by atoms with Gasteiger partial charge in [0.1, 0.15) is 4.88 Å². The molecule has 0 bridgehead atoms. The van der Waals surface area contributed by atoms with Gasteiger partial charge in [0.15, 0.2) is 5.70 Å². The molecule has 0 saturated heterocycles. The normalized spacial score (nSPS) is 15.1. The number of esters is 1. The number of carbonyl (C=O) groups excluding carboxylic acids is 1. The molecule has 0 N–H and O–H groups in total. The van der Waals surface area contributed by atoms with Gasteiger partial charge in [0.25, 0.3) is 0 Å². The summed E-state index contributed by atoms with van der Waals surface area (Å²) in [7, 11) is 0. The Morgan fingerprint density at radius 2 is 1.53 bits per heavy atom.